The van der Waals surface area contributed by atoms with E-state index >= 15 is 0 Å². The maximum Gasteiger partial charge on any atom is 0.338 e. The Labute approximate surface area is 245 Å². The fourth-order valence-electron chi connectivity index (χ4n) is 5.63. The third-order valence-electron chi connectivity index (χ3n) is 7.57. The highest BCUT2D eigenvalue weighted by Crippen LogP contribution is 2.31. The number of fused-ring (bicyclic) bond motifs is 2. The van der Waals surface area contributed by atoms with Gasteiger partial charge in [-0.3, -0.25) is 14.2 Å². The first-order chi connectivity index (χ1) is 19.9. The predicted octanol–water partition coefficient (Wildman–Crippen LogP) is 4.03. The van der Waals surface area contributed by atoms with Gasteiger partial charge in [-0.15, -0.1) is 0 Å². The van der Waals surface area contributed by atoms with Gasteiger partial charge in [0.15, 0.2) is 4.80 Å². The molecule has 1 atom stereocenters. The van der Waals surface area contributed by atoms with E-state index in [0.29, 0.717) is 25.6 Å². The third kappa shape index (κ3) is 5.04. The largest absolute Gasteiger partial charge is 0.463 e. The van der Waals surface area contributed by atoms with Gasteiger partial charge in [0.1, 0.15) is 6.54 Å². The molecule has 0 unspecified atom stereocenters. The molecule has 8 nitrogen and oxygen atoms in total. The van der Waals surface area contributed by atoms with E-state index in [1.54, 1.807) is 30.5 Å². The van der Waals surface area contributed by atoms with Crippen LogP contribution in [-0.2, 0) is 20.9 Å². The first-order valence-corrected chi connectivity index (χ1v) is 14.9. The number of carbonyl (C=O) groups excluding carboxylic acids is 2. The van der Waals surface area contributed by atoms with Crippen LogP contribution in [0.1, 0.15) is 43.9 Å². The minimum absolute atomic E-state index is 0.0964. The Kier molecular flexibility index (Phi) is 7.40. The number of hydrogen-bond acceptors (Lipinski definition) is 6. The van der Waals surface area contributed by atoms with Gasteiger partial charge >= 0.3 is 5.97 Å². The minimum atomic E-state index is -0.704. The number of ether oxygens (including phenoxy) is 1. The first kappa shape index (κ1) is 27.2. The van der Waals surface area contributed by atoms with Gasteiger partial charge in [0, 0.05) is 40.8 Å². The molecular formula is C31H29ClN4O4S. The van der Waals surface area contributed by atoms with Crippen molar-refractivity contribution in [3.05, 3.63) is 102 Å². The van der Waals surface area contributed by atoms with Crippen LogP contribution in [-0.4, -0.2) is 45.6 Å². The maximum atomic E-state index is 14.0. The van der Waals surface area contributed by atoms with Gasteiger partial charge in [-0.25, -0.2) is 9.79 Å². The Morgan fingerprint density at radius 3 is 2.59 bits per heavy atom. The Morgan fingerprint density at radius 1 is 1.12 bits per heavy atom. The summed E-state index contributed by atoms with van der Waals surface area (Å²) in [5.74, 6) is -0.409. The summed E-state index contributed by atoms with van der Waals surface area (Å²) in [4.78, 5) is 47.1. The molecule has 4 aromatic rings. The van der Waals surface area contributed by atoms with E-state index in [4.69, 9.17) is 16.3 Å². The molecule has 6 rings (SSSR count). The molecule has 2 aromatic heterocycles. The predicted molar refractivity (Wildman–Crippen MR) is 160 cm³/mol. The molecule has 0 N–H and O–H groups in total. The molecule has 2 aromatic carbocycles. The van der Waals surface area contributed by atoms with Gasteiger partial charge in [0.2, 0.25) is 5.91 Å². The van der Waals surface area contributed by atoms with E-state index in [2.05, 4.69) is 4.99 Å². The summed E-state index contributed by atoms with van der Waals surface area (Å²) in [6, 6.07) is 14.3. The standard InChI is InChI=1S/C31H29ClN4O4S/c1-3-40-30(39)27-19(2)33-31-36(28(27)20-10-12-22(32)13-11-20)29(38)25(41-31)16-21-17-35(24-9-5-4-8-23(21)24)18-26(37)34-14-6-7-15-34/h4-5,8-13,16-17,28H,3,6-7,14-15,18H2,1-2H3/b25-16+/t28-/m1/s1. The SMILES string of the molecule is CCOC(=O)C1=C(C)N=c2s/c(=C/c3cn(CC(=O)N4CCCC4)c4ccccc34)c(=O)n2[C@@H]1c1ccc(Cl)cc1. The molecule has 0 bridgehead atoms. The average Bonchev–Trinajstić information content (AvgIpc) is 3.68. The number of amides is 1. The van der Waals surface area contributed by atoms with Crippen molar-refractivity contribution in [3.63, 3.8) is 0 Å². The summed E-state index contributed by atoms with van der Waals surface area (Å²) >= 11 is 7.43. The van der Waals surface area contributed by atoms with Crippen LogP contribution in [0.2, 0.25) is 5.02 Å². The topological polar surface area (TPSA) is 85.9 Å². The summed E-state index contributed by atoms with van der Waals surface area (Å²) in [5, 5.41) is 1.50. The molecule has 41 heavy (non-hydrogen) atoms. The van der Waals surface area contributed by atoms with Crippen LogP contribution in [0.4, 0.5) is 0 Å². The number of thiazole rings is 1. The van der Waals surface area contributed by atoms with Crippen molar-refractivity contribution in [2.24, 2.45) is 4.99 Å². The lowest BCUT2D eigenvalue weighted by atomic mass is 9.96. The monoisotopic (exact) mass is 588 g/mol. The highest BCUT2D eigenvalue weighted by atomic mass is 35.5. The third-order valence-corrected chi connectivity index (χ3v) is 8.81. The number of esters is 1. The van der Waals surface area contributed by atoms with E-state index in [1.807, 2.05) is 58.1 Å². The normalized spacial score (nSPS) is 17.2. The fraction of sp³-hybridized carbons (Fsp3) is 0.290. The molecule has 0 spiro atoms. The Bertz CT molecular complexity index is 1880. The summed E-state index contributed by atoms with van der Waals surface area (Å²) < 4.78 is 9.37. The molecule has 0 saturated carbocycles. The highest BCUT2D eigenvalue weighted by molar-refractivity contribution is 7.07. The first-order valence-electron chi connectivity index (χ1n) is 13.7. The number of benzene rings is 2. The number of rotatable bonds is 6. The summed E-state index contributed by atoms with van der Waals surface area (Å²) in [6.45, 7) is 5.56. The highest BCUT2D eigenvalue weighted by Gasteiger charge is 2.33. The van der Waals surface area contributed by atoms with Crippen molar-refractivity contribution in [1.29, 1.82) is 0 Å². The minimum Gasteiger partial charge on any atom is -0.463 e. The molecule has 1 saturated heterocycles. The molecule has 0 aliphatic carbocycles. The van der Waals surface area contributed by atoms with Crippen molar-refractivity contribution in [1.82, 2.24) is 14.0 Å². The van der Waals surface area contributed by atoms with Gasteiger partial charge in [0.25, 0.3) is 5.56 Å². The van der Waals surface area contributed by atoms with Gasteiger partial charge in [-0.2, -0.15) is 0 Å². The van der Waals surface area contributed by atoms with Crippen LogP contribution in [0, 0.1) is 0 Å². The Hall–Kier alpha value is -3.95. The zero-order valence-electron chi connectivity index (χ0n) is 22.8. The number of hydrogen-bond donors (Lipinski definition) is 0. The lowest BCUT2D eigenvalue weighted by Gasteiger charge is -2.24. The maximum absolute atomic E-state index is 14.0. The molecule has 1 amide bonds. The average molecular weight is 589 g/mol. The molecule has 4 heterocycles. The molecule has 1 fully saturated rings. The Morgan fingerprint density at radius 2 is 1.85 bits per heavy atom. The molecule has 0 radical (unpaired) electrons. The lowest BCUT2D eigenvalue weighted by molar-refractivity contribution is -0.139. The zero-order chi connectivity index (χ0) is 28.7. The van der Waals surface area contributed by atoms with E-state index in [9.17, 15) is 14.4 Å². The van der Waals surface area contributed by atoms with Gasteiger partial charge in [-0.05, 0) is 56.5 Å². The zero-order valence-corrected chi connectivity index (χ0v) is 24.4. The smallest absolute Gasteiger partial charge is 0.338 e. The van der Waals surface area contributed by atoms with Crippen LogP contribution in [0.3, 0.4) is 0 Å². The van der Waals surface area contributed by atoms with Gasteiger partial charge < -0.3 is 14.2 Å². The van der Waals surface area contributed by atoms with Crippen LogP contribution < -0.4 is 14.9 Å². The van der Waals surface area contributed by atoms with Crippen molar-refractivity contribution in [2.75, 3.05) is 19.7 Å². The van der Waals surface area contributed by atoms with Crippen LogP contribution >= 0.6 is 22.9 Å². The van der Waals surface area contributed by atoms with Crippen molar-refractivity contribution in [2.45, 2.75) is 39.3 Å². The van der Waals surface area contributed by atoms with E-state index in [0.717, 1.165) is 48.0 Å². The fourth-order valence-corrected chi connectivity index (χ4v) is 6.79. The van der Waals surface area contributed by atoms with Crippen LogP contribution in [0.15, 0.2) is 75.8 Å². The molecule has 2 aliphatic heterocycles. The lowest BCUT2D eigenvalue weighted by Crippen LogP contribution is -2.39. The number of halogens is 1. The second-order valence-electron chi connectivity index (χ2n) is 10.2. The number of allylic oxidation sites excluding steroid dienone is 1. The van der Waals surface area contributed by atoms with Gasteiger partial charge in [0.05, 0.1) is 28.5 Å². The Balaban J connectivity index is 1.48. The molecule has 210 valence electrons. The van der Waals surface area contributed by atoms with Gasteiger partial charge in [-0.1, -0.05) is 53.3 Å². The molecule has 2 aliphatic rings. The number of carbonyl (C=O) groups is 2. The van der Waals surface area contributed by atoms with E-state index in [1.165, 1.54) is 11.3 Å². The molecule has 10 heteroatoms. The number of likely N-dealkylation sites (tertiary alicyclic amines) is 1. The summed E-state index contributed by atoms with van der Waals surface area (Å²) in [5.41, 5.74) is 3.07. The second kappa shape index (κ2) is 11.1. The van der Waals surface area contributed by atoms with E-state index in [-0.39, 0.29) is 24.6 Å². The van der Waals surface area contributed by atoms with Crippen LogP contribution in [0.5, 0.6) is 0 Å². The number of nitrogens with zero attached hydrogens (tertiary/aromatic N) is 4. The number of para-hydroxylation sites is 1. The number of aromatic nitrogens is 2. The summed E-state index contributed by atoms with van der Waals surface area (Å²) in [7, 11) is 0. The molecular weight excluding hydrogens is 560 g/mol. The van der Waals surface area contributed by atoms with Crippen molar-refractivity contribution < 1.29 is 14.3 Å². The second-order valence-corrected chi connectivity index (χ2v) is 11.6. The van der Waals surface area contributed by atoms with Crippen molar-refractivity contribution in [3.8, 4) is 0 Å². The summed E-state index contributed by atoms with van der Waals surface area (Å²) in [6.07, 6.45) is 5.87. The van der Waals surface area contributed by atoms with E-state index < -0.39 is 12.0 Å². The van der Waals surface area contributed by atoms with Crippen molar-refractivity contribution >= 4 is 51.8 Å². The van der Waals surface area contributed by atoms with Crippen LogP contribution in [0.25, 0.3) is 17.0 Å². The quantitative estimate of drug-likeness (QED) is 0.318.